The van der Waals surface area contributed by atoms with Gasteiger partial charge in [0.1, 0.15) is 11.5 Å². The number of halogens is 1. The summed E-state index contributed by atoms with van der Waals surface area (Å²) in [5.41, 5.74) is 0.645. The van der Waals surface area contributed by atoms with Gasteiger partial charge in [0.15, 0.2) is 0 Å². The van der Waals surface area contributed by atoms with Crippen LogP contribution in [0.4, 0.5) is 5.69 Å². The number of carbonyl (C=O) groups excluding carboxylic acids is 1. The summed E-state index contributed by atoms with van der Waals surface area (Å²) in [5, 5.41) is 2.82. The minimum atomic E-state index is -3.56. The molecule has 0 saturated heterocycles. The van der Waals surface area contributed by atoms with Crippen molar-refractivity contribution in [1.29, 1.82) is 0 Å². The van der Waals surface area contributed by atoms with Crippen molar-refractivity contribution >= 4 is 33.2 Å². The molecule has 0 heterocycles. The smallest absolute Gasteiger partial charge is 0.240 e. The molecule has 0 saturated carbocycles. The molecule has 122 valence electrons. The van der Waals surface area contributed by atoms with E-state index in [9.17, 15) is 13.2 Å². The average Bonchev–Trinajstić information content (AvgIpc) is 2.50. The third kappa shape index (κ3) is 4.44. The molecule has 2 N–H and O–H groups in total. The van der Waals surface area contributed by atoms with E-state index in [1.54, 1.807) is 24.3 Å². The van der Waals surface area contributed by atoms with Crippen LogP contribution in [0.25, 0.3) is 0 Å². The van der Waals surface area contributed by atoms with Crippen molar-refractivity contribution in [2.45, 2.75) is 11.8 Å². The van der Waals surface area contributed by atoms with Crippen LogP contribution in [0.3, 0.4) is 0 Å². The van der Waals surface area contributed by atoms with Crippen molar-refractivity contribution in [2.75, 3.05) is 12.4 Å². The SMILES string of the molecule is CNS(=O)(=O)c1ccc(Oc2ccc(NC(C)=O)cc2)c(Cl)c1. The molecule has 2 aromatic rings. The predicted molar refractivity (Wildman–Crippen MR) is 88.5 cm³/mol. The summed E-state index contributed by atoms with van der Waals surface area (Å²) in [7, 11) is -2.23. The summed E-state index contributed by atoms with van der Waals surface area (Å²) >= 11 is 6.07. The molecule has 2 rings (SSSR count). The molecular weight excluding hydrogens is 340 g/mol. The number of anilines is 1. The monoisotopic (exact) mass is 354 g/mol. The first-order chi connectivity index (χ1) is 10.8. The number of hydrogen-bond acceptors (Lipinski definition) is 4. The zero-order chi connectivity index (χ0) is 17.0. The molecule has 0 unspecified atom stereocenters. The van der Waals surface area contributed by atoms with Crippen LogP contribution in [0.1, 0.15) is 6.92 Å². The zero-order valence-electron chi connectivity index (χ0n) is 12.5. The van der Waals surface area contributed by atoms with Crippen LogP contribution in [-0.4, -0.2) is 21.4 Å². The van der Waals surface area contributed by atoms with Crippen LogP contribution in [0.15, 0.2) is 47.4 Å². The summed E-state index contributed by atoms with van der Waals surface area (Å²) in [4.78, 5) is 11.0. The molecule has 6 nitrogen and oxygen atoms in total. The lowest BCUT2D eigenvalue weighted by Crippen LogP contribution is -2.18. The Hall–Kier alpha value is -2.09. The summed E-state index contributed by atoms with van der Waals surface area (Å²) in [6.07, 6.45) is 0. The fraction of sp³-hybridized carbons (Fsp3) is 0.133. The van der Waals surface area contributed by atoms with E-state index >= 15 is 0 Å². The lowest BCUT2D eigenvalue weighted by molar-refractivity contribution is -0.114. The maximum Gasteiger partial charge on any atom is 0.240 e. The number of benzene rings is 2. The van der Waals surface area contributed by atoms with Crippen LogP contribution in [0.2, 0.25) is 5.02 Å². The highest BCUT2D eigenvalue weighted by Crippen LogP contribution is 2.31. The first-order valence-electron chi connectivity index (χ1n) is 6.60. The number of ether oxygens (including phenoxy) is 1. The van der Waals surface area contributed by atoms with E-state index in [-0.39, 0.29) is 15.8 Å². The number of rotatable bonds is 5. The maximum atomic E-state index is 11.7. The van der Waals surface area contributed by atoms with Crippen molar-refractivity contribution in [3.05, 3.63) is 47.5 Å². The van der Waals surface area contributed by atoms with E-state index in [2.05, 4.69) is 10.0 Å². The quantitative estimate of drug-likeness (QED) is 0.864. The van der Waals surface area contributed by atoms with E-state index < -0.39 is 10.0 Å². The molecule has 0 bridgehead atoms. The number of sulfonamides is 1. The van der Waals surface area contributed by atoms with Crippen molar-refractivity contribution in [1.82, 2.24) is 4.72 Å². The zero-order valence-corrected chi connectivity index (χ0v) is 14.0. The van der Waals surface area contributed by atoms with Gasteiger partial charge >= 0.3 is 0 Å². The highest BCUT2D eigenvalue weighted by atomic mass is 35.5. The fourth-order valence-corrected chi connectivity index (χ4v) is 2.83. The van der Waals surface area contributed by atoms with Gasteiger partial charge in [-0.2, -0.15) is 0 Å². The molecule has 0 radical (unpaired) electrons. The highest BCUT2D eigenvalue weighted by molar-refractivity contribution is 7.89. The van der Waals surface area contributed by atoms with Gasteiger partial charge in [-0.3, -0.25) is 4.79 Å². The van der Waals surface area contributed by atoms with Gasteiger partial charge in [0.05, 0.1) is 9.92 Å². The van der Waals surface area contributed by atoms with Gasteiger partial charge in [-0.05, 0) is 49.5 Å². The van der Waals surface area contributed by atoms with Gasteiger partial charge in [0, 0.05) is 12.6 Å². The van der Waals surface area contributed by atoms with E-state index in [0.717, 1.165) is 0 Å². The van der Waals surface area contributed by atoms with Gasteiger partial charge in [0.2, 0.25) is 15.9 Å². The molecule has 0 atom stereocenters. The molecule has 1 amide bonds. The lowest BCUT2D eigenvalue weighted by atomic mass is 10.3. The van der Waals surface area contributed by atoms with Crippen molar-refractivity contribution in [2.24, 2.45) is 0 Å². The predicted octanol–water partition coefficient (Wildman–Crippen LogP) is 3.00. The minimum Gasteiger partial charge on any atom is -0.456 e. The molecule has 23 heavy (non-hydrogen) atoms. The Morgan fingerprint density at radius 3 is 2.30 bits per heavy atom. The van der Waals surface area contributed by atoms with Gasteiger partial charge in [0.25, 0.3) is 0 Å². The summed E-state index contributed by atoms with van der Waals surface area (Å²) in [5.74, 6) is 0.669. The second-order valence-corrected chi connectivity index (χ2v) is 6.90. The molecule has 2 aromatic carbocycles. The second-order valence-electron chi connectivity index (χ2n) is 4.61. The average molecular weight is 355 g/mol. The minimum absolute atomic E-state index is 0.0540. The molecular formula is C15H15ClN2O4S. The second kappa shape index (κ2) is 6.99. The Labute approximate surface area is 139 Å². The highest BCUT2D eigenvalue weighted by Gasteiger charge is 2.14. The standard InChI is InChI=1S/C15H15ClN2O4S/c1-10(19)18-11-3-5-12(6-4-11)22-15-8-7-13(9-14(15)16)23(20,21)17-2/h3-9,17H,1-2H3,(H,18,19). The Kier molecular flexibility index (Phi) is 5.25. The van der Waals surface area contributed by atoms with E-state index in [4.69, 9.17) is 16.3 Å². The van der Waals surface area contributed by atoms with Crippen LogP contribution in [-0.2, 0) is 14.8 Å². The third-order valence-corrected chi connectivity index (χ3v) is 4.59. The van der Waals surface area contributed by atoms with Crippen LogP contribution < -0.4 is 14.8 Å². The largest absolute Gasteiger partial charge is 0.456 e. The molecule has 0 aliphatic heterocycles. The number of amides is 1. The van der Waals surface area contributed by atoms with Crippen LogP contribution >= 0.6 is 11.6 Å². The summed E-state index contributed by atoms with van der Waals surface area (Å²) in [6.45, 7) is 1.42. The van der Waals surface area contributed by atoms with E-state index in [1.165, 1.54) is 32.2 Å². The molecule has 0 aliphatic rings. The first kappa shape index (κ1) is 17.3. The van der Waals surface area contributed by atoms with Gasteiger partial charge in [-0.15, -0.1) is 0 Å². The number of carbonyl (C=O) groups is 1. The molecule has 0 aromatic heterocycles. The first-order valence-corrected chi connectivity index (χ1v) is 8.46. The van der Waals surface area contributed by atoms with E-state index in [1.807, 2.05) is 0 Å². The maximum absolute atomic E-state index is 11.7. The molecule has 0 aliphatic carbocycles. The third-order valence-electron chi connectivity index (χ3n) is 2.88. The van der Waals surface area contributed by atoms with Crippen molar-refractivity contribution in [3.8, 4) is 11.5 Å². The fourth-order valence-electron chi connectivity index (χ4n) is 1.79. The molecule has 8 heteroatoms. The molecule has 0 fully saturated rings. The van der Waals surface area contributed by atoms with Crippen molar-refractivity contribution in [3.63, 3.8) is 0 Å². The van der Waals surface area contributed by atoms with Crippen LogP contribution in [0, 0.1) is 0 Å². The number of hydrogen-bond donors (Lipinski definition) is 2. The molecule has 0 spiro atoms. The normalized spacial score (nSPS) is 11.1. The Bertz CT molecular complexity index is 820. The summed E-state index contributed by atoms with van der Waals surface area (Å²) < 4.78 is 31.2. The topological polar surface area (TPSA) is 84.5 Å². The van der Waals surface area contributed by atoms with Gasteiger partial charge in [-0.1, -0.05) is 11.6 Å². The Morgan fingerprint density at radius 1 is 1.13 bits per heavy atom. The Balaban J connectivity index is 2.19. The Morgan fingerprint density at radius 2 is 1.78 bits per heavy atom. The van der Waals surface area contributed by atoms with Gasteiger partial charge < -0.3 is 10.1 Å². The lowest BCUT2D eigenvalue weighted by Gasteiger charge is -2.10. The summed E-state index contributed by atoms with van der Waals surface area (Å²) in [6, 6.07) is 10.9. The van der Waals surface area contributed by atoms with E-state index in [0.29, 0.717) is 17.2 Å². The van der Waals surface area contributed by atoms with Crippen molar-refractivity contribution < 1.29 is 17.9 Å². The number of nitrogens with one attached hydrogen (secondary N) is 2. The van der Waals surface area contributed by atoms with Crippen LogP contribution in [0.5, 0.6) is 11.5 Å². The van der Waals surface area contributed by atoms with Gasteiger partial charge in [-0.25, -0.2) is 13.1 Å².